The number of aromatic hydroxyl groups is 1. The molecule has 0 saturated carbocycles. The van der Waals surface area contributed by atoms with Gasteiger partial charge in [-0.2, -0.15) is 0 Å². The summed E-state index contributed by atoms with van der Waals surface area (Å²) in [5.41, 5.74) is 6.05. The molecule has 2 aromatic heterocycles. The van der Waals surface area contributed by atoms with Crippen LogP contribution in [-0.4, -0.2) is 42.3 Å². The minimum Gasteiger partial charge on any atom is -0.508 e. The molecule has 34 heavy (non-hydrogen) atoms. The molecule has 0 spiro atoms. The van der Waals surface area contributed by atoms with Gasteiger partial charge < -0.3 is 10.8 Å². The minimum atomic E-state index is -3.42. The Morgan fingerprint density at radius 1 is 0.706 bits per heavy atom. The van der Waals surface area contributed by atoms with E-state index in [1.54, 1.807) is 26.0 Å². The van der Waals surface area contributed by atoms with Crippen molar-refractivity contribution in [3.8, 4) is 5.75 Å². The van der Waals surface area contributed by atoms with E-state index in [0.29, 0.717) is 15.7 Å². The highest BCUT2D eigenvalue weighted by Gasteiger charge is 2.18. The number of nitrogens with two attached hydrogens (primary N) is 1. The number of phenols is 1. The third-order valence-corrected chi connectivity index (χ3v) is 9.53. The lowest BCUT2D eigenvalue weighted by molar-refractivity contribution is 0.475. The fourth-order valence-electron chi connectivity index (χ4n) is 2.61. The highest BCUT2D eigenvalue weighted by Crippen LogP contribution is 2.21. The Balaban J connectivity index is 0.000000191. The van der Waals surface area contributed by atoms with Crippen molar-refractivity contribution in [1.82, 2.24) is 20.4 Å². The third kappa shape index (κ3) is 7.03. The van der Waals surface area contributed by atoms with Crippen molar-refractivity contribution in [2.45, 2.75) is 35.1 Å². The second-order valence-electron chi connectivity index (χ2n) is 7.01. The molecule has 0 unspecified atom stereocenters. The van der Waals surface area contributed by atoms with Gasteiger partial charge in [-0.15, -0.1) is 43.1 Å². The number of anilines is 1. The van der Waals surface area contributed by atoms with E-state index in [2.05, 4.69) is 20.4 Å². The number of sulfone groups is 2. The Morgan fingerprint density at radius 2 is 1.09 bits per heavy atom. The lowest BCUT2D eigenvalue weighted by Gasteiger charge is -2.02. The largest absolute Gasteiger partial charge is 0.508 e. The van der Waals surface area contributed by atoms with E-state index in [1.807, 2.05) is 0 Å². The number of nitrogens with zero attached hydrogens (tertiary/aromatic N) is 4. The maximum Gasteiger partial charge on any atom is 0.184 e. The number of benzene rings is 2. The molecular weight excluding hydrogens is 519 g/mol. The molecule has 2 heterocycles. The zero-order valence-corrected chi connectivity index (χ0v) is 21.4. The zero-order chi connectivity index (χ0) is 24.9. The summed E-state index contributed by atoms with van der Waals surface area (Å²) in [5.74, 6) is -0.248. The van der Waals surface area contributed by atoms with Crippen molar-refractivity contribution in [2.75, 3.05) is 5.73 Å². The molecule has 4 aromatic rings. The highest BCUT2D eigenvalue weighted by atomic mass is 32.2. The van der Waals surface area contributed by atoms with E-state index in [9.17, 15) is 16.8 Å². The molecule has 0 fully saturated rings. The van der Waals surface area contributed by atoms with Crippen LogP contribution in [0, 0.1) is 13.8 Å². The van der Waals surface area contributed by atoms with Gasteiger partial charge in [0.2, 0.25) is 0 Å². The Hall–Kier alpha value is -2.94. The maximum absolute atomic E-state index is 12.0. The lowest BCUT2D eigenvalue weighted by atomic mass is 10.3. The summed E-state index contributed by atoms with van der Waals surface area (Å²) in [6, 6.07) is 11.6. The summed E-state index contributed by atoms with van der Waals surface area (Å²) in [6.45, 7) is 3.56. The first kappa shape index (κ1) is 25.7. The summed E-state index contributed by atoms with van der Waals surface area (Å²) < 4.78 is 48.0. The molecule has 0 aliphatic rings. The number of aryl methyl sites for hydroxylation is 2. The lowest BCUT2D eigenvalue weighted by Crippen LogP contribution is -2.04. The third-order valence-electron chi connectivity index (χ3n) is 4.20. The number of aromatic nitrogens is 4. The van der Waals surface area contributed by atoms with Crippen molar-refractivity contribution in [2.24, 2.45) is 0 Å². The van der Waals surface area contributed by atoms with Crippen molar-refractivity contribution < 1.29 is 21.9 Å². The fourth-order valence-corrected chi connectivity index (χ4v) is 7.22. The van der Waals surface area contributed by atoms with E-state index in [4.69, 9.17) is 10.8 Å². The number of phenolic OH excluding ortho intramolecular Hbond substituents is 1. The van der Waals surface area contributed by atoms with Gasteiger partial charge in [0, 0.05) is 5.69 Å². The number of nitrogen functional groups attached to an aromatic ring is 1. The van der Waals surface area contributed by atoms with Crippen LogP contribution in [0.4, 0.5) is 5.69 Å². The Labute approximate surface area is 205 Å². The molecule has 0 aliphatic carbocycles. The SMILES string of the molecule is Cc1nnc(CS(=O)(=O)c2ccc(N)cc2)s1.Cc1nnc(CS(=O)(=O)c2ccc(O)cc2)s1. The summed E-state index contributed by atoms with van der Waals surface area (Å²) in [4.78, 5) is 0.419. The maximum atomic E-state index is 12.0. The second kappa shape index (κ2) is 10.5. The normalized spacial score (nSPS) is 11.6. The van der Waals surface area contributed by atoms with Gasteiger partial charge in [0.25, 0.3) is 0 Å². The summed E-state index contributed by atoms with van der Waals surface area (Å²) in [7, 11) is -6.78. The predicted molar refractivity (Wildman–Crippen MR) is 130 cm³/mol. The van der Waals surface area contributed by atoms with E-state index in [-0.39, 0.29) is 27.0 Å². The molecular formula is C20H21N5O5S4. The van der Waals surface area contributed by atoms with Crippen molar-refractivity contribution >= 4 is 48.0 Å². The van der Waals surface area contributed by atoms with Crippen molar-refractivity contribution in [1.29, 1.82) is 0 Å². The first-order valence-electron chi connectivity index (χ1n) is 9.63. The van der Waals surface area contributed by atoms with Crippen LogP contribution in [0.1, 0.15) is 20.0 Å². The molecule has 0 amide bonds. The average molecular weight is 540 g/mol. The monoisotopic (exact) mass is 539 g/mol. The van der Waals surface area contributed by atoms with E-state index >= 15 is 0 Å². The molecule has 14 heteroatoms. The molecule has 0 radical (unpaired) electrons. The molecule has 180 valence electrons. The van der Waals surface area contributed by atoms with E-state index in [0.717, 1.165) is 10.0 Å². The first-order chi connectivity index (χ1) is 15.9. The molecule has 3 N–H and O–H groups in total. The molecule has 4 rings (SSSR count). The van der Waals surface area contributed by atoms with Gasteiger partial charge in [-0.25, -0.2) is 16.8 Å². The molecule has 2 aromatic carbocycles. The van der Waals surface area contributed by atoms with Crippen LogP contribution in [0.5, 0.6) is 5.75 Å². The van der Waals surface area contributed by atoms with Crippen LogP contribution in [0.2, 0.25) is 0 Å². The van der Waals surface area contributed by atoms with Crippen LogP contribution in [0.3, 0.4) is 0 Å². The summed E-state index contributed by atoms with van der Waals surface area (Å²) >= 11 is 2.55. The van der Waals surface area contributed by atoms with Gasteiger partial charge in [-0.3, -0.25) is 0 Å². The smallest absolute Gasteiger partial charge is 0.184 e. The Kier molecular flexibility index (Phi) is 7.97. The fraction of sp³-hybridized carbons (Fsp3) is 0.200. The van der Waals surface area contributed by atoms with Crippen LogP contribution in [0.15, 0.2) is 58.3 Å². The Morgan fingerprint density at radius 3 is 1.44 bits per heavy atom. The summed E-state index contributed by atoms with van der Waals surface area (Å²) in [5, 5.41) is 26.7. The first-order valence-corrected chi connectivity index (χ1v) is 14.6. The van der Waals surface area contributed by atoms with Gasteiger partial charge in [0.15, 0.2) is 19.7 Å². The van der Waals surface area contributed by atoms with Gasteiger partial charge in [-0.05, 0) is 62.4 Å². The van der Waals surface area contributed by atoms with Crippen LogP contribution >= 0.6 is 22.7 Å². The van der Waals surface area contributed by atoms with Gasteiger partial charge >= 0.3 is 0 Å². The number of hydrogen-bond acceptors (Lipinski definition) is 12. The predicted octanol–water partition coefficient (Wildman–Crippen LogP) is 2.93. The highest BCUT2D eigenvalue weighted by molar-refractivity contribution is 7.91. The molecule has 0 aliphatic heterocycles. The Bertz CT molecular complexity index is 1350. The van der Waals surface area contributed by atoms with Crippen molar-refractivity contribution in [3.63, 3.8) is 0 Å². The average Bonchev–Trinajstić information content (AvgIpc) is 3.35. The van der Waals surface area contributed by atoms with Crippen LogP contribution in [-0.2, 0) is 31.2 Å². The van der Waals surface area contributed by atoms with Gasteiger partial charge in [0.05, 0.1) is 9.79 Å². The van der Waals surface area contributed by atoms with E-state index in [1.165, 1.54) is 59.1 Å². The molecule has 10 nitrogen and oxygen atoms in total. The van der Waals surface area contributed by atoms with Gasteiger partial charge in [-0.1, -0.05) is 0 Å². The minimum absolute atomic E-state index is 0.0377. The van der Waals surface area contributed by atoms with Crippen molar-refractivity contribution in [3.05, 3.63) is 68.6 Å². The van der Waals surface area contributed by atoms with Gasteiger partial charge in [0.1, 0.15) is 37.3 Å². The standard InChI is InChI=1S/C10H11N3O2S2.C10H10N2O3S2/c1-7-12-13-10(16-7)6-17(14,15)9-4-2-8(11)3-5-9;1-7-11-12-10(16-7)6-17(14,15)9-4-2-8(13)3-5-9/h2-5H,6,11H2,1H3;2-5,13H,6H2,1H3. The topological polar surface area (TPSA) is 166 Å². The molecule has 0 bridgehead atoms. The number of hydrogen-bond donors (Lipinski definition) is 2. The zero-order valence-electron chi connectivity index (χ0n) is 18.1. The summed E-state index contributed by atoms with van der Waals surface area (Å²) in [6.07, 6.45) is 0. The molecule has 0 atom stereocenters. The molecule has 0 saturated heterocycles. The van der Waals surface area contributed by atoms with Crippen LogP contribution < -0.4 is 5.73 Å². The second-order valence-corrected chi connectivity index (χ2v) is 13.5. The quantitative estimate of drug-likeness (QED) is 0.348. The van der Waals surface area contributed by atoms with E-state index < -0.39 is 19.7 Å². The number of rotatable bonds is 6. The van der Waals surface area contributed by atoms with Crippen LogP contribution in [0.25, 0.3) is 0 Å².